The summed E-state index contributed by atoms with van der Waals surface area (Å²) in [7, 11) is 0. The summed E-state index contributed by atoms with van der Waals surface area (Å²) in [5.41, 5.74) is 0.0237. The minimum atomic E-state index is -0.460. The summed E-state index contributed by atoms with van der Waals surface area (Å²) in [6, 6.07) is 5.87. The molecule has 0 N–H and O–H groups in total. The number of carbonyl (C=O) groups is 1. The molecule has 1 aromatic rings. The van der Waals surface area contributed by atoms with Gasteiger partial charge in [0.25, 0.3) is 5.69 Å². The average Bonchev–Trinajstić information content (AvgIpc) is 2.63. The molecule has 0 spiro atoms. The Morgan fingerprint density at radius 3 is 2.00 bits per heavy atom. The van der Waals surface area contributed by atoms with Gasteiger partial charge in [-0.25, -0.2) is 0 Å². The molecule has 9 heteroatoms. The van der Waals surface area contributed by atoms with Crippen LogP contribution in [0.1, 0.15) is 13.3 Å². The summed E-state index contributed by atoms with van der Waals surface area (Å²) in [6.45, 7) is 4.86. The van der Waals surface area contributed by atoms with E-state index in [1.54, 1.807) is 19.1 Å². The van der Waals surface area contributed by atoms with Crippen molar-refractivity contribution in [1.29, 1.82) is 0 Å². The zero-order valence-corrected chi connectivity index (χ0v) is 14.9. The molecule has 0 aliphatic carbocycles. The Bertz CT molecular complexity index is 520. The first-order chi connectivity index (χ1) is 12.6. The summed E-state index contributed by atoms with van der Waals surface area (Å²) < 4.78 is 26.1. The van der Waals surface area contributed by atoms with Crippen LogP contribution in [0.5, 0.6) is 5.75 Å². The van der Waals surface area contributed by atoms with Crippen LogP contribution in [0.2, 0.25) is 0 Å². The number of nitro benzene ring substituents is 1. The van der Waals surface area contributed by atoms with Crippen molar-refractivity contribution in [2.45, 2.75) is 13.3 Å². The van der Waals surface area contributed by atoms with Crippen LogP contribution < -0.4 is 4.74 Å². The van der Waals surface area contributed by atoms with Crippen LogP contribution in [-0.4, -0.2) is 63.7 Å². The second-order valence-corrected chi connectivity index (χ2v) is 4.99. The predicted octanol–water partition coefficient (Wildman–Crippen LogP) is 1.98. The molecule has 0 amide bonds. The Hall–Kier alpha value is -2.23. The van der Waals surface area contributed by atoms with E-state index in [1.807, 2.05) is 0 Å². The lowest BCUT2D eigenvalue weighted by molar-refractivity contribution is -0.384. The van der Waals surface area contributed by atoms with Gasteiger partial charge in [0.1, 0.15) is 12.4 Å². The van der Waals surface area contributed by atoms with E-state index >= 15 is 0 Å². The number of hydrogen-bond acceptors (Lipinski definition) is 8. The molecular formula is C17H25NO8. The van der Waals surface area contributed by atoms with Crippen LogP contribution in [-0.2, 0) is 23.7 Å². The zero-order chi connectivity index (χ0) is 19.0. The standard InChI is InChI=1S/C17H25NO8/c1-2-25-17(19)7-8-22-9-10-23-11-12-24-13-14-26-16-5-3-15(4-6-16)18(20)21/h3-6H,2,7-14H2,1H3. The van der Waals surface area contributed by atoms with E-state index in [4.69, 9.17) is 23.7 Å². The molecule has 0 aliphatic heterocycles. The van der Waals surface area contributed by atoms with Crippen LogP contribution in [0, 0.1) is 10.1 Å². The van der Waals surface area contributed by atoms with Crippen molar-refractivity contribution in [3.63, 3.8) is 0 Å². The van der Waals surface area contributed by atoms with Crippen molar-refractivity contribution in [2.75, 3.05) is 52.9 Å². The molecule has 0 saturated heterocycles. The maximum absolute atomic E-state index is 11.0. The number of benzene rings is 1. The highest BCUT2D eigenvalue weighted by atomic mass is 16.6. The summed E-state index contributed by atoms with van der Waals surface area (Å²) in [5, 5.41) is 10.5. The lowest BCUT2D eigenvalue weighted by Crippen LogP contribution is -2.14. The van der Waals surface area contributed by atoms with Gasteiger partial charge in [-0.3, -0.25) is 14.9 Å². The summed E-state index contributed by atoms with van der Waals surface area (Å²) in [5.74, 6) is 0.285. The van der Waals surface area contributed by atoms with Gasteiger partial charge in [-0.1, -0.05) is 0 Å². The third-order valence-corrected chi connectivity index (χ3v) is 3.04. The van der Waals surface area contributed by atoms with E-state index in [1.165, 1.54) is 12.1 Å². The van der Waals surface area contributed by atoms with E-state index in [0.717, 1.165) is 0 Å². The Balaban J connectivity index is 1.87. The molecule has 1 rings (SSSR count). The van der Waals surface area contributed by atoms with E-state index in [0.29, 0.717) is 58.6 Å². The summed E-state index contributed by atoms with van der Waals surface area (Å²) in [4.78, 5) is 21.1. The minimum Gasteiger partial charge on any atom is -0.491 e. The molecule has 9 nitrogen and oxygen atoms in total. The average molecular weight is 371 g/mol. The van der Waals surface area contributed by atoms with Crippen LogP contribution in [0.3, 0.4) is 0 Å². The monoisotopic (exact) mass is 371 g/mol. The van der Waals surface area contributed by atoms with Gasteiger partial charge in [0, 0.05) is 12.1 Å². The fourth-order valence-electron chi connectivity index (χ4n) is 1.81. The lowest BCUT2D eigenvalue weighted by Gasteiger charge is -2.08. The topological polar surface area (TPSA) is 106 Å². The number of nitrogens with zero attached hydrogens (tertiary/aromatic N) is 1. The van der Waals surface area contributed by atoms with Gasteiger partial charge in [-0.15, -0.1) is 0 Å². The molecule has 0 aliphatic rings. The highest BCUT2D eigenvalue weighted by molar-refractivity contribution is 5.69. The van der Waals surface area contributed by atoms with Gasteiger partial charge in [0.15, 0.2) is 0 Å². The molecule has 0 saturated carbocycles. The third kappa shape index (κ3) is 10.6. The van der Waals surface area contributed by atoms with Crippen molar-refractivity contribution >= 4 is 11.7 Å². The fraction of sp³-hybridized carbons (Fsp3) is 0.588. The number of hydrogen-bond donors (Lipinski definition) is 0. The van der Waals surface area contributed by atoms with Crippen LogP contribution >= 0.6 is 0 Å². The molecular weight excluding hydrogens is 346 g/mol. The van der Waals surface area contributed by atoms with Gasteiger partial charge < -0.3 is 23.7 Å². The molecule has 0 fully saturated rings. The van der Waals surface area contributed by atoms with E-state index < -0.39 is 4.92 Å². The van der Waals surface area contributed by atoms with E-state index in [-0.39, 0.29) is 18.1 Å². The van der Waals surface area contributed by atoms with Gasteiger partial charge >= 0.3 is 5.97 Å². The van der Waals surface area contributed by atoms with Crippen molar-refractivity contribution < 1.29 is 33.4 Å². The molecule has 0 aromatic heterocycles. The highest BCUT2D eigenvalue weighted by Gasteiger charge is 2.04. The molecule has 1 aromatic carbocycles. The van der Waals surface area contributed by atoms with Gasteiger partial charge in [-0.2, -0.15) is 0 Å². The molecule has 0 unspecified atom stereocenters. The molecule has 0 bridgehead atoms. The first-order valence-electron chi connectivity index (χ1n) is 8.39. The van der Waals surface area contributed by atoms with Crippen molar-refractivity contribution in [3.05, 3.63) is 34.4 Å². The first-order valence-corrected chi connectivity index (χ1v) is 8.39. The van der Waals surface area contributed by atoms with E-state index in [9.17, 15) is 14.9 Å². The first kappa shape index (κ1) is 21.8. The fourth-order valence-corrected chi connectivity index (χ4v) is 1.81. The number of carbonyl (C=O) groups excluding carboxylic acids is 1. The van der Waals surface area contributed by atoms with Crippen molar-refractivity contribution in [2.24, 2.45) is 0 Å². The maximum Gasteiger partial charge on any atom is 0.308 e. The van der Waals surface area contributed by atoms with Gasteiger partial charge in [-0.05, 0) is 19.1 Å². The van der Waals surface area contributed by atoms with Gasteiger partial charge in [0.05, 0.1) is 57.6 Å². The SMILES string of the molecule is CCOC(=O)CCOCCOCCOCCOc1ccc([N+](=O)[O-])cc1. The normalized spacial score (nSPS) is 10.5. The maximum atomic E-state index is 11.0. The number of esters is 1. The van der Waals surface area contributed by atoms with Crippen molar-refractivity contribution in [3.8, 4) is 5.75 Å². The molecule has 146 valence electrons. The summed E-state index contributed by atoms with van der Waals surface area (Å²) in [6.07, 6.45) is 0.242. The smallest absolute Gasteiger partial charge is 0.308 e. The summed E-state index contributed by atoms with van der Waals surface area (Å²) >= 11 is 0. The minimum absolute atomic E-state index is 0.0237. The second-order valence-electron chi connectivity index (χ2n) is 4.99. The molecule has 0 heterocycles. The Morgan fingerprint density at radius 1 is 0.923 bits per heavy atom. The quantitative estimate of drug-likeness (QED) is 0.199. The largest absolute Gasteiger partial charge is 0.491 e. The molecule has 0 radical (unpaired) electrons. The number of rotatable bonds is 15. The second kappa shape index (κ2) is 14.0. The molecule has 26 heavy (non-hydrogen) atoms. The van der Waals surface area contributed by atoms with E-state index in [2.05, 4.69) is 0 Å². The van der Waals surface area contributed by atoms with Crippen LogP contribution in [0.4, 0.5) is 5.69 Å². The number of non-ortho nitro benzene ring substituents is 1. The zero-order valence-electron chi connectivity index (χ0n) is 14.9. The molecule has 0 atom stereocenters. The third-order valence-electron chi connectivity index (χ3n) is 3.04. The van der Waals surface area contributed by atoms with Crippen LogP contribution in [0.25, 0.3) is 0 Å². The van der Waals surface area contributed by atoms with Crippen molar-refractivity contribution in [1.82, 2.24) is 0 Å². The van der Waals surface area contributed by atoms with Gasteiger partial charge in [0.2, 0.25) is 0 Å². The highest BCUT2D eigenvalue weighted by Crippen LogP contribution is 2.16. The Kier molecular flexibility index (Phi) is 11.7. The number of ether oxygens (including phenoxy) is 5. The Morgan fingerprint density at radius 2 is 1.46 bits per heavy atom. The predicted molar refractivity (Wildman–Crippen MR) is 92.3 cm³/mol. The number of nitro groups is 1. The van der Waals surface area contributed by atoms with Crippen LogP contribution in [0.15, 0.2) is 24.3 Å². The lowest BCUT2D eigenvalue weighted by atomic mass is 10.3. The Labute approximate surface area is 152 Å².